The summed E-state index contributed by atoms with van der Waals surface area (Å²) in [7, 11) is 1.69. The lowest BCUT2D eigenvalue weighted by molar-refractivity contribution is -0.0725. The van der Waals surface area contributed by atoms with Crippen LogP contribution in [-0.4, -0.2) is 43.3 Å². The molecule has 21 heavy (non-hydrogen) atoms. The van der Waals surface area contributed by atoms with Crippen LogP contribution in [0.2, 0.25) is 0 Å². The summed E-state index contributed by atoms with van der Waals surface area (Å²) in [5, 5.41) is 0. The van der Waals surface area contributed by atoms with Gasteiger partial charge in [-0.15, -0.1) is 0 Å². The van der Waals surface area contributed by atoms with Gasteiger partial charge in [0.2, 0.25) is 0 Å². The van der Waals surface area contributed by atoms with Crippen molar-refractivity contribution in [2.24, 2.45) is 5.73 Å². The molecule has 3 rings (SSSR count). The highest BCUT2D eigenvalue weighted by molar-refractivity contribution is 5.29. The van der Waals surface area contributed by atoms with Crippen LogP contribution >= 0.6 is 0 Å². The van der Waals surface area contributed by atoms with Gasteiger partial charge in [-0.2, -0.15) is 0 Å². The molecule has 4 nitrogen and oxygen atoms in total. The lowest BCUT2D eigenvalue weighted by atomic mass is 9.97. The first-order valence-electron chi connectivity index (χ1n) is 7.97. The molecule has 0 amide bonds. The standard InChI is InChI=1S/C17H26N2O2/c1-12(17(18)13-6-8-14(20-2)9-7-13)19-10-11-21-16-5-3-4-15(16)19/h6-9,12,15-17H,3-5,10-11,18H2,1-2H3. The number of hydrogen-bond acceptors (Lipinski definition) is 4. The lowest BCUT2D eigenvalue weighted by Gasteiger charge is -2.43. The first-order valence-corrected chi connectivity index (χ1v) is 7.97. The third-order valence-electron chi connectivity index (χ3n) is 5.07. The summed E-state index contributed by atoms with van der Waals surface area (Å²) < 4.78 is 11.1. The predicted octanol–water partition coefficient (Wildman–Crippen LogP) is 2.34. The minimum absolute atomic E-state index is 0.0234. The first-order chi connectivity index (χ1) is 10.2. The number of morpholine rings is 1. The van der Waals surface area contributed by atoms with Crippen LogP contribution in [0.5, 0.6) is 5.75 Å². The maximum atomic E-state index is 6.52. The van der Waals surface area contributed by atoms with E-state index in [-0.39, 0.29) is 6.04 Å². The van der Waals surface area contributed by atoms with Crippen LogP contribution in [0.15, 0.2) is 24.3 Å². The van der Waals surface area contributed by atoms with Crippen molar-refractivity contribution in [1.82, 2.24) is 4.90 Å². The van der Waals surface area contributed by atoms with E-state index in [4.69, 9.17) is 15.2 Å². The molecule has 1 saturated heterocycles. The number of benzene rings is 1. The Morgan fingerprint density at radius 3 is 2.76 bits per heavy atom. The van der Waals surface area contributed by atoms with E-state index in [0.29, 0.717) is 18.2 Å². The summed E-state index contributed by atoms with van der Waals surface area (Å²) in [5.74, 6) is 0.876. The molecule has 0 radical (unpaired) electrons. The Labute approximate surface area is 127 Å². The monoisotopic (exact) mass is 290 g/mol. The van der Waals surface area contributed by atoms with E-state index in [0.717, 1.165) is 18.9 Å². The summed E-state index contributed by atoms with van der Waals surface area (Å²) in [6, 6.07) is 9.03. The van der Waals surface area contributed by atoms with Crippen molar-refractivity contribution in [3.05, 3.63) is 29.8 Å². The van der Waals surface area contributed by atoms with Crippen LogP contribution in [0.3, 0.4) is 0 Å². The highest BCUT2D eigenvalue weighted by Crippen LogP contribution is 2.33. The molecule has 2 aliphatic rings. The maximum absolute atomic E-state index is 6.52. The van der Waals surface area contributed by atoms with Gasteiger partial charge in [0, 0.05) is 24.7 Å². The molecule has 4 atom stereocenters. The topological polar surface area (TPSA) is 47.7 Å². The normalized spacial score (nSPS) is 28.9. The number of hydrogen-bond donors (Lipinski definition) is 1. The minimum Gasteiger partial charge on any atom is -0.497 e. The Kier molecular flexibility index (Phi) is 4.48. The zero-order valence-corrected chi connectivity index (χ0v) is 13.0. The van der Waals surface area contributed by atoms with E-state index in [1.165, 1.54) is 24.8 Å². The molecule has 4 unspecified atom stereocenters. The smallest absolute Gasteiger partial charge is 0.118 e. The van der Waals surface area contributed by atoms with E-state index in [1.807, 2.05) is 12.1 Å². The maximum Gasteiger partial charge on any atom is 0.118 e. The predicted molar refractivity (Wildman–Crippen MR) is 83.5 cm³/mol. The second kappa shape index (κ2) is 6.34. The first kappa shape index (κ1) is 14.8. The van der Waals surface area contributed by atoms with Crippen molar-refractivity contribution in [1.29, 1.82) is 0 Å². The van der Waals surface area contributed by atoms with Crippen LogP contribution in [0, 0.1) is 0 Å². The third kappa shape index (κ3) is 2.93. The fourth-order valence-electron chi connectivity index (χ4n) is 3.77. The zero-order chi connectivity index (χ0) is 14.8. The fourth-order valence-corrected chi connectivity index (χ4v) is 3.77. The molecule has 1 aromatic rings. The summed E-state index contributed by atoms with van der Waals surface area (Å²) >= 11 is 0. The molecule has 4 heteroatoms. The summed E-state index contributed by atoms with van der Waals surface area (Å²) in [6.07, 6.45) is 4.14. The van der Waals surface area contributed by atoms with E-state index in [9.17, 15) is 0 Å². The number of methoxy groups -OCH3 is 1. The molecule has 0 bridgehead atoms. The number of fused-ring (bicyclic) bond motifs is 1. The molecule has 0 aromatic heterocycles. The molecule has 1 heterocycles. The van der Waals surface area contributed by atoms with E-state index in [1.54, 1.807) is 7.11 Å². The molecule has 2 N–H and O–H groups in total. The Balaban J connectivity index is 1.72. The lowest BCUT2D eigenvalue weighted by Crippen LogP contribution is -2.54. The van der Waals surface area contributed by atoms with Crippen LogP contribution in [0.1, 0.15) is 37.8 Å². The highest BCUT2D eigenvalue weighted by atomic mass is 16.5. The fraction of sp³-hybridized carbons (Fsp3) is 0.647. The zero-order valence-electron chi connectivity index (χ0n) is 13.0. The van der Waals surface area contributed by atoms with Gasteiger partial charge in [-0.3, -0.25) is 4.90 Å². The Morgan fingerprint density at radius 2 is 2.05 bits per heavy atom. The van der Waals surface area contributed by atoms with Gasteiger partial charge < -0.3 is 15.2 Å². The second-order valence-electron chi connectivity index (χ2n) is 6.18. The average Bonchev–Trinajstić information content (AvgIpc) is 3.02. The number of nitrogens with zero attached hydrogens (tertiary/aromatic N) is 1. The van der Waals surface area contributed by atoms with Crippen molar-refractivity contribution < 1.29 is 9.47 Å². The Hall–Kier alpha value is -1.10. The molecule has 0 spiro atoms. The van der Waals surface area contributed by atoms with Crippen molar-refractivity contribution in [3.63, 3.8) is 0 Å². The van der Waals surface area contributed by atoms with Crippen LogP contribution in [0.4, 0.5) is 0 Å². The van der Waals surface area contributed by atoms with Gasteiger partial charge in [-0.1, -0.05) is 12.1 Å². The van der Waals surface area contributed by atoms with Gasteiger partial charge >= 0.3 is 0 Å². The molecule has 2 fully saturated rings. The summed E-state index contributed by atoms with van der Waals surface area (Å²) in [4.78, 5) is 2.57. The molecule has 116 valence electrons. The van der Waals surface area contributed by atoms with Crippen molar-refractivity contribution in [2.75, 3.05) is 20.3 Å². The van der Waals surface area contributed by atoms with E-state index in [2.05, 4.69) is 24.0 Å². The molecular weight excluding hydrogens is 264 g/mol. The van der Waals surface area contributed by atoms with Gasteiger partial charge in [0.1, 0.15) is 5.75 Å². The molecule has 1 saturated carbocycles. The molecular formula is C17H26N2O2. The number of rotatable bonds is 4. The van der Waals surface area contributed by atoms with Crippen molar-refractivity contribution in [3.8, 4) is 5.75 Å². The van der Waals surface area contributed by atoms with E-state index < -0.39 is 0 Å². The van der Waals surface area contributed by atoms with Crippen LogP contribution in [-0.2, 0) is 4.74 Å². The van der Waals surface area contributed by atoms with Gasteiger partial charge in [-0.25, -0.2) is 0 Å². The van der Waals surface area contributed by atoms with Crippen LogP contribution in [0.25, 0.3) is 0 Å². The van der Waals surface area contributed by atoms with E-state index >= 15 is 0 Å². The summed E-state index contributed by atoms with van der Waals surface area (Å²) in [5.41, 5.74) is 7.69. The van der Waals surface area contributed by atoms with Crippen molar-refractivity contribution >= 4 is 0 Å². The molecule has 1 aliphatic heterocycles. The van der Waals surface area contributed by atoms with Gasteiger partial charge in [-0.05, 0) is 43.9 Å². The van der Waals surface area contributed by atoms with Gasteiger partial charge in [0.15, 0.2) is 0 Å². The number of nitrogens with two attached hydrogens (primary N) is 1. The Morgan fingerprint density at radius 1 is 1.29 bits per heavy atom. The molecule has 1 aromatic carbocycles. The Bertz CT molecular complexity index is 462. The largest absolute Gasteiger partial charge is 0.497 e. The van der Waals surface area contributed by atoms with Gasteiger partial charge in [0.05, 0.1) is 19.8 Å². The minimum atomic E-state index is 0.0234. The molecule has 1 aliphatic carbocycles. The average molecular weight is 290 g/mol. The van der Waals surface area contributed by atoms with Crippen molar-refractivity contribution in [2.45, 2.75) is 50.4 Å². The SMILES string of the molecule is COc1ccc(C(N)C(C)N2CCOC3CCCC32)cc1. The quantitative estimate of drug-likeness (QED) is 0.924. The van der Waals surface area contributed by atoms with Gasteiger partial charge in [0.25, 0.3) is 0 Å². The third-order valence-corrected chi connectivity index (χ3v) is 5.07. The summed E-state index contributed by atoms with van der Waals surface area (Å²) in [6.45, 7) is 4.07. The van der Waals surface area contributed by atoms with Crippen LogP contribution < -0.4 is 10.5 Å². The second-order valence-corrected chi connectivity index (χ2v) is 6.18. The number of ether oxygens (including phenoxy) is 2. The highest BCUT2D eigenvalue weighted by Gasteiger charge is 2.39.